The number of aryl methyl sites for hydroxylation is 1. The van der Waals surface area contributed by atoms with Gasteiger partial charge in [0.2, 0.25) is 5.91 Å². The molecule has 0 fully saturated rings. The van der Waals surface area contributed by atoms with Gasteiger partial charge >= 0.3 is 12.1 Å². The Hall–Kier alpha value is -2.54. The van der Waals surface area contributed by atoms with E-state index in [0.717, 1.165) is 5.56 Å². The van der Waals surface area contributed by atoms with E-state index in [4.69, 9.17) is 11.6 Å². The average Bonchev–Trinajstić information content (AvgIpc) is 2.53. The monoisotopic (exact) mass is 370 g/mol. The molecule has 0 bridgehead atoms. The van der Waals surface area contributed by atoms with Gasteiger partial charge in [0, 0.05) is 22.8 Å². The second-order valence-electron chi connectivity index (χ2n) is 5.17. The first-order chi connectivity index (χ1) is 11.8. The molecule has 0 aliphatic carbocycles. The Labute approximate surface area is 147 Å². The fraction of sp³-hybridized carbons (Fsp3) is 0.176. The van der Waals surface area contributed by atoms with Crippen molar-refractivity contribution < 1.29 is 22.8 Å². The van der Waals surface area contributed by atoms with E-state index in [9.17, 15) is 22.8 Å². The molecule has 2 rings (SSSR count). The maximum atomic E-state index is 12.2. The molecule has 0 aliphatic rings. The molecule has 0 heterocycles. The maximum Gasteiger partial charge on any atom is 0.471 e. The molecular formula is C17H14ClF3N2O2. The number of rotatable bonds is 5. The zero-order valence-electron chi connectivity index (χ0n) is 12.9. The van der Waals surface area contributed by atoms with Crippen LogP contribution in [0.15, 0.2) is 48.5 Å². The van der Waals surface area contributed by atoms with Crippen molar-refractivity contribution in [2.75, 3.05) is 10.6 Å². The molecule has 2 N–H and O–H groups in total. The summed E-state index contributed by atoms with van der Waals surface area (Å²) in [5.74, 6) is -2.39. The molecule has 0 radical (unpaired) electrons. The molecule has 0 atom stereocenters. The summed E-state index contributed by atoms with van der Waals surface area (Å²) in [4.78, 5) is 22.9. The minimum absolute atomic E-state index is 0.0637. The van der Waals surface area contributed by atoms with Gasteiger partial charge in [-0.3, -0.25) is 9.59 Å². The van der Waals surface area contributed by atoms with Gasteiger partial charge in [0.05, 0.1) is 0 Å². The molecule has 25 heavy (non-hydrogen) atoms. The van der Waals surface area contributed by atoms with Gasteiger partial charge in [-0.1, -0.05) is 35.9 Å². The van der Waals surface area contributed by atoms with Crippen molar-refractivity contribution in [1.29, 1.82) is 0 Å². The van der Waals surface area contributed by atoms with Crippen molar-refractivity contribution in [3.05, 3.63) is 59.1 Å². The minimum atomic E-state index is -4.98. The highest BCUT2D eigenvalue weighted by molar-refractivity contribution is 6.31. The highest BCUT2D eigenvalue weighted by Gasteiger charge is 2.38. The summed E-state index contributed by atoms with van der Waals surface area (Å²) in [5, 5.41) is 4.86. The highest BCUT2D eigenvalue weighted by atomic mass is 35.5. The number of nitrogens with one attached hydrogen (secondary N) is 2. The third-order valence-corrected chi connectivity index (χ3v) is 3.61. The lowest BCUT2D eigenvalue weighted by molar-refractivity contribution is -0.167. The van der Waals surface area contributed by atoms with Gasteiger partial charge in [-0.05, 0) is 36.2 Å². The summed E-state index contributed by atoms with van der Waals surface area (Å²) in [6.45, 7) is 0. The summed E-state index contributed by atoms with van der Waals surface area (Å²) in [5.41, 5.74) is 1.04. The van der Waals surface area contributed by atoms with Crippen LogP contribution in [0.1, 0.15) is 12.0 Å². The number of hydrogen-bond acceptors (Lipinski definition) is 2. The third kappa shape index (κ3) is 5.79. The van der Waals surface area contributed by atoms with Crippen molar-refractivity contribution in [1.82, 2.24) is 0 Å². The van der Waals surface area contributed by atoms with Crippen LogP contribution in [0.25, 0.3) is 0 Å². The van der Waals surface area contributed by atoms with Gasteiger partial charge in [-0.25, -0.2) is 0 Å². The normalized spacial score (nSPS) is 11.0. The van der Waals surface area contributed by atoms with Crippen molar-refractivity contribution >= 4 is 34.8 Å². The summed E-state index contributed by atoms with van der Waals surface area (Å²) in [6, 6.07) is 12.6. The van der Waals surface area contributed by atoms with Gasteiger partial charge in [-0.15, -0.1) is 0 Å². The Balaban J connectivity index is 1.94. The van der Waals surface area contributed by atoms with E-state index in [1.807, 2.05) is 12.1 Å². The van der Waals surface area contributed by atoms with Crippen molar-refractivity contribution in [2.24, 2.45) is 0 Å². The number of anilines is 2. The van der Waals surface area contributed by atoms with Gasteiger partial charge in [0.25, 0.3) is 0 Å². The average molecular weight is 371 g/mol. The minimum Gasteiger partial charge on any atom is -0.326 e. The molecule has 8 heteroatoms. The molecule has 0 aromatic heterocycles. The van der Waals surface area contributed by atoms with Crippen LogP contribution in [0.3, 0.4) is 0 Å². The van der Waals surface area contributed by atoms with Gasteiger partial charge in [-0.2, -0.15) is 13.2 Å². The van der Waals surface area contributed by atoms with Gasteiger partial charge < -0.3 is 10.6 Å². The van der Waals surface area contributed by atoms with Crippen LogP contribution in [0, 0.1) is 0 Å². The number of alkyl halides is 3. The van der Waals surface area contributed by atoms with E-state index >= 15 is 0 Å². The van der Waals surface area contributed by atoms with E-state index < -0.39 is 12.1 Å². The zero-order chi connectivity index (χ0) is 18.4. The van der Waals surface area contributed by atoms with E-state index in [1.54, 1.807) is 17.4 Å². The van der Waals surface area contributed by atoms with Crippen LogP contribution in [0.4, 0.5) is 24.5 Å². The smallest absolute Gasteiger partial charge is 0.326 e. The second kappa shape index (κ2) is 8.02. The number of carbonyl (C=O) groups is 2. The Morgan fingerprint density at radius 3 is 2.24 bits per heavy atom. The van der Waals surface area contributed by atoms with E-state index in [2.05, 4.69) is 5.32 Å². The summed E-state index contributed by atoms with van der Waals surface area (Å²) in [6.07, 6.45) is -4.40. The van der Waals surface area contributed by atoms with Crippen LogP contribution in [0.2, 0.25) is 5.02 Å². The molecule has 2 aromatic rings. The molecule has 132 valence electrons. The predicted octanol–water partition coefficient (Wildman–Crippen LogP) is 4.41. The number of benzene rings is 2. The Morgan fingerprint density at radius 1 is 0.960 bits per heavy atom. The topological polar surface area (TPSA) is 58.2 Å². The van der Waals surface area contributed by atoms with Crippen LogP contribution in [0.5, 0.6) is 0 Å². The van der Waals surface area contributed by atoms with Gasteiger partial charge in [0.1, 0.15) is 0 Å². The van der Waals surface area contributed by atoms with Crippen LogP contribution in [-0.4, -0.2) is 18.0 Å². The highest BCUT2D eigenvalue weighted by Crippen LogP contribution is 2.21. The third-order valence-electron chi connectivity index (χ3n) is 3.24. The number of halogens is 4. The maximum absolute atomic E-state index is 12.2. The molecular weight excluding hydrogens is 357 g/mol. The zero-order valence-corrected chi connectivity index (χ0v) is 13.6. The van der Waals surface area contributed by atoms with Crippen LogP contribution in [-0.2, 0) is 16.0 Å². The molecule has 0 saturated heterocycles. The first-order valence-corrected chi connectivity index (χ1v) is 7.65. The molecule has 4 nitrogen and oxygen atoms in total. The van der Waals surface area contributed by atoms with E-state index in [1.165, 1.54) is 24.3 Å². The van der Waals surface area contributed by atoms with Crippen LogP contribution >= 0.6 is 11.6 Å². The molecule has 2 aromatic carbocycles. The summed E-state index contributed by atoms with van der Waals surface area (Å²) < 4.78 is 36.7. The Morgan fingerprint density at radius 2 is 1.60 bits per heavy atom. The van der Waals surface area contributed by atoms with Gasteiger partial charge in [0.15, 0.2) is 0 Å². The summed E-state index contributed by atoms with van der Waals surface area (Å²) >= 11 is 6.01. The lowest BCUT2D eigenvalue weighted by atomic mass is 10.1. The quantitative estimate of drug-likeness (QED) is 0.819. The van der Waals surface area contributed by atoms with Crippen molar-refractivity contribution in [3.8, 4) is 0 Å². The SMILES string of the molecule is O=C(CCc1ccccc1Cl)Nc1cccc(NC(=O)C(F)(F)F)c1. The first kappa shape index (κ1) is 18.8. The summed E-state index contributed by atoms with van der Waals surface area (Å²) in [7, 11) is 0. The number of hydrogen-bond donors (Lipinski definition) is 2. The lowest BCUT2D eigenvalue weighted by Crippen LogP contribution is -2.29. The van der Waals surface area contributed by atoms with Crippen molar-refractivity contribution in [3.63, 3.8) is 0 Å². The van der Waals surface area contributed by atoms with Crippen molar-refractivity contribution in [2.45, 2.75) is 19.0 Å². The standard InChI is InChI=1S/C17H14ClF3N2O2/c18-14-7-2-1-4-11(14)8-9-15(24)22-12-5-3-6-13(10-12)23-16(25)17(19,20)21/h1-7,10H,8-9H2,(H,22,24)(H,23,25). The fourth-order valence-corrected chi connectivity index (χ4v) is 2.28. The molecule has 0 aliphatic heterocycles. The number of carbonyl (C=O) groups excluding carboxylic acids is 2. The Kier molecular flexibility index (Phi) is 6.03. The molecule has 2 amide bonds. The van der Waals surface area contributed by atoms with Crippen LogP contribution < -0.4 is 10.6 Å². The molecule has 0 saturated carbocycles. The predicted molar refractivity (Wildman–Crippen MR) is 89.5 cm³/mol. The Bertz CT molecular complexity index is 778. The van der Waals surface area contributed by atoms with E-state index in [-0.39, 0.29) is 23.7 Å². The lowest BCUT2D eigenvalue weighted by Gasteiger charge is -2.10. The fourth-order valence-electron chi connectivity index (χ4n) is 2.05. The molecule has 0 spiro atoms. The number of amides is 2. The van der Waals surface area contributed by atoms with E-state index in [0.29, 0.717) is 11.4 Å². The second-order valence-corrected chi connectivity index (χ2v) is 5.58. The first-order valence-electron chi connectivity index (χ1n) is 7.27. The largest absolute Gasteiger partial charge is 0.471 e. The molecule has 0 unspecified atom stereocenters.